The van der Waals surface area contributed by atoms with Crippen LogP contribution in [0, 0.1) is 0 Å². The first-order valence-electron chi connectivity index (χ1n) is 35.4. The third-order valence-corrected chi connectivity index (χ3v) is 16.3. The summed E-state index contributed by atoms with van der Waals surface area (Å²) in [6.07, 6.45) is 70.8. The van der Waals surface area contributed by atoms with Gasteiger partial charge in [-0.2, -0.15) is 0 Å². The molecule has 14 nitrogen and oxygen atoms in total. The van der Waals surface area contributed by atoms with Gasteiger partial charge in [0.1, 0.15) is 48.8 Å². The maximum Gasteiger partial charge on any atom is 0.220 e. The number of carbonyl (C=O) groups is 1. The molecule has 2 heterocycles. The van der Waals surface area contributed by atoms with Crippen LogP contribution in [0.25, 0.3) is 0 Å². The van der Waals surface area contributed by atoms with E-state index in [1.165, 1.54) is 135 Å². The summed E-state index contributed by atoms with van der Waals surface area (Å²) in [5, 5.41) is 87.4. The molecule has 90 heavy (non-hydrogen) atoms. The van der Waals surface area contributed by atoms with Crippen molar-refractivity contribution in [2.24, 2.45) is 0 Å². The van der Waals surface area contributed by atoms with Gasteiger partial charge in [-0.05, 0) is 96.3 Å². The third kappa shape index (κ3) is 42.4. The van der Waals surface area contributed by atoms with Crippen molar-refractivity contribution >= 4 is 5.91 Å². The molecule has 9 N–H and O–H groups in total. The van der Waals surface area contributed by atoms with Gasteiger partial charge in [0.2, 0.25) is 5.91 Å². The molecule has 2 aliphatic heterocycles. The summed E-state index contributed by atoms with van der Waals surface area (Å²) in [6.45, 7) is 2.64. The number of ether oxygens (including phenoxy) is 4. The molecule has 1 amide bonds. The lowest BCUT2D eigenvalue weighted by Gasteiger charge is -2.46. The van der Waals surface area contributed by atoms with E-state index in [0.717, 1.165) is 70.6 Å². The van der Waals surface area contributed by atoms with Gasteiger partial charge in [0, 0.05) is 6.42 Å². The zero-order valence-electron chi connectivity index (χ0n) is 55.8. The van der Waals surface area contributed by atoms with Crippen molar-refractivity contribution in [1.29, 1.82) is 0 Å². The first-order chi connectivity index (χ1) is 44.1. The fourth-order valence-electron chi connectivity index (χ4n) is 10.7. The Kier molecular flexibility index (Phi) is 53.8. The van der Waals surface area contributed by atoms with Crippen molar-refractivity contribution in [2.45, 2.75) is 319 Å². The van der Waals surface area contributed by atoms with E-state index >= 15 is 0 Å². The van der Waals surface area contributed by atoms with E-state index in [1.54, 1.807) is 6.08 Å². The molecule has 514 valence electrons. The summed E-state index contributed by atoms with van der Waals surface area (Å²) >= 11 is 0. The normalized spacial score (nSPS) is 23.8. The molecule has 0 radical (unpaired) electrons. The molecule has 0 spiro atoms. The number of allylic oxidation sites excluding steroid dienone is 21. The number of rotatable bonds is 56. The van der Waals surface area contributed by atoms with Crippen molar-refractivity contribution in [3.63, 3.8) is 0 Å². The predicted octanol–water partition coefficient (Wildman–Crippen LogP) is 14.7. The first-order valence-corrected chi connectivity index (χ1v) is 35.4. The van der Waals surface area contributed by atoms with Gasteiger partial charge in [-0.15, -0.1) is 0 Å². The maximum atomic E-state index is 13.3. The van der Waals surface area contributed by atoms with Gasteiger partial charge in [-0.1, -0.05) is 276 Å². The largest absolute Gasteiger partial charge is 0.394 e. The van der Waals surface area contributed by atoms with Crippen LogP contribution in [0.15, 0.2) is 134 Å². The minimum atomic E-state index is -1.80. The monoisotopic (exact) mass is 1260 g/mol. The number of aliphatic hydroxyl groups is 8. The Bertz CT molecular complexity index is 2020. The molecular weight excluding hydrogens is 1130 g/mol. The molecule has 0 bridgehead atoms. The highest BCUT2D eigenvalue weighted by Gasteiger charge is 2.51. The molecule has 2 rings (SSSR count). The van der Waals surface area contributed by atoms with Crippen LogP contribution in [0.1, 0.15) is 245 Å². The lowest BCUT2D eigenvalue weighted by molar-refractivity contribution is -0.359. The van der Waals surface area contributed by atoms with E-state index < -0.39 is 86.8 Å². The Morgan fingerprint density at radius 2 is 0.778 bits per heavy atom. The lowest BCUT2D eigenvalue weighted by Crippen LogP contribution is -2.65. The van der Waals surface area contributed by atoms with Crippen LogP contribution in [0.5, 0.6) is 0 Å². The Morgan fingerprint density at radius 1 is 0.411 bits per heavy atom. The molecule has 12 atom stereocenters. The summed E-state index contributed by atoms with van der Waals surface area (Å²) in [7, 11) is 0. The molecule has 0 aromatic rings. The zero-order chi connectivity index (χ0) is 65.2. The van der Waals surface area contributed by atoms with Gasteiger partial charge in [-0.25, -0.2) is 0 Å². The fraction of sp³-hybridized carbons (Fsp3) is 0.697. The molecule has 0 saturated carbocycles. The molecule has 2 saturated heterocycles. The van der Waals surface area contributed by atoms with Crippen LogP contribution >= 0.6 is 0 Å². The molecule has 0 aromatic carbocycles. The van der Waals surface area contributed by atoms with Crippen LogP contribution in [0.4, 0.5) is 0 Å². The minimum absolute atomic E-state index is 0.184. The van der Waals surface area contributed by atoms with Gasteiger partial charge in [0.25, 0.3) is 0 Å². The van der Waals surface area contributed by atoms with Gasteiger partial charge >= 0.3 is 0 Å². The quantitative estimate of drug-likeness (QED) is 0.0204. The van der Waals surface area contributed by atoms with E-state index in [0.29, 0.717) is 19.3 Å². The summed E-state index contributed by atoms with van der Waals surface area (Å²) < 4.78 is 22.8. The molecule has 2 aliphatic rings. The van der Waals surface area contributed by atoms with E-state index in [9.17, 15) is 45.6 Å². The second-order valence-electron chi connectivity index (χ2n) is 24.3. The Hall–Kier alpha value is -3.87. The fourth-order valence-corrected chi connectivity index (χ4v) is 10.7. The van der Waals surface area contributed by atoms with Gasteiger partial charge < -0.3 is 65.1 Å². The van der Waals surface area contributed by atoms with E-state index in [4.69, 9.17) is 18.9 Å². The molecule has 0 aliphatic carbocycles. The average molecular weight is 1260 g/mol. The highest BCUT2D eigenvalue weighted by atomic mass is 16.7. The van der Waals surface area contributed by atoms with Crippen molar-refractivity contribution in [1.82, 2.24) is 5.32 Å². The van der Waals surface area contributed by atoms with Crippen LogP contribution < -0.4 is 5.32 Å². The Labute approximate surface area is 545 Å². The smallest absolute Gasteiger partial charge is 0.220 e. The lowest BCUT2D eigenvalue weighted by atomic mass is 9.97. The number of carbonyl (C=O) groups excluding carboxylic acids is 1. The number of amides is 1. The summed E-state index contributed by atoms with van der Waals surface area (Å²) in [5.74, 6) is -0.310. The van der Waals surface area contributed by atoms with Crippen molar-refractivity contribution in [3.8, 4) is 0 Å². The van der Waals surface area contributed by atoms with Crippen molar-refractivity contribution < 1.29 is 64.6 Å². The van der Waals surface area contributed by atoms with Crippen molar-refractivity contribution in [3.05, 3.63) is 134 Å². The standard InChI is InChI=1S/C76H127NO13/c1-3-5-7-9-11-13-15-17-19-21-23-25-27-29-31-32-34-36-38-40-42-44-46-48-50-52-54-56-58-60-68(81)77-64(63-87-75-73(86)71(84)74(67(62-79)89-75)90-76-72(85)70(83)69(82)66(61-78)88-76)65(80)59-57-55-53-51-49-47-45-43-41-39-37-35-33-30-28-26-24-22-20-18-16-14-12-10-8-6-4-2/h5,7,11,13,17,19,23,25,29,31,34,36,40,42,46,48-49,51-52,54,57,59,64-67,69-76,78-80,82-86H,3-4,6,8-10,12,14-16,18,20-22,24,26-28,30,32-33,35,37-39,41,43-45,47,50,53,55-56,58,60-63H2,1-2H3,(H,77,81)/b7-5-,13-11-,19-17-,25-23-,31-29-,36-34-,42-40-,48-46-,51-49+,54-52-,59-57+. The summed E-state index contributed by atoms with van der Waals surface area (Å²) in [4.78, 5) is 13.3. The van der Waals surface area contributed by atoms with E-state index in [2.05, 4.69) is 135 Å². The van der Waals surface area contributed by atoms with Gasteiger partial charge in [0.05, 0.1) is 32.0 Å². The number of nitrogens with one attached hydrogen (secondary N) is 1. The second kappa shape index (κ2) is 58.9. The van der Waals surface area contributed by atoms with Crippen LogP contribution in [0.3, 0.4) is 0 Å². The van der Waals surface area contributed by atoms with Crippen LogP contribution in [-0.4, -0.2) is 140 Å². The van der Waals surface area contributed by atoms with Crippen molar-refractivity contribution in [2.75, 3.05) is 19.8 Å². The number of hydrogen-bond acceptors (Lipinski definition) is 13. The molecule has 0 aromatic heterocycles. The third-order valence-electron chi connectivity index (χ3n) is 16.3. The predicted molar refractivity (Wildman–Crippen MR) is 368 cm³/mol. The van der Waals surface area contributed by atoms with Gasteiger partial charge in [-0.3, -0.25) is 4.79 Å². The van der Waals surface area contributed by atoms with E-state index in [-0.39, 0.29) is 18.9 Å². The highest BCUT2D eigenvalue weighted by molar-refractivity contribution is 5.76. The number of unbranched alkanes of at least 4 members (excludes halogenated alkanes) is 23. The summed E-state index contributed by atoms with van der Waals surface area (Å²) in [5.41, 5.74) is 0. The molecule has 2 fully saturated rings. The number of aliphatic hydroxyl groups excluding tert-OH is 8. The molecule has 14 heteroatoms. The SMILES string of the molecule is CC/C=C\C/C=C\C/C=C\C/C=C\C/C=C\C/C=C\C/C=C\C/C=C\C/C=C\CCCC(=O)NC(COC1OC(CO)C(OC2OC(CO)C(O)C(O)C2O)C(O)C1O)C(O)/C=C/CC/C=C/CCCCCCCCCCCCCCCCCCCCCCC. The van der Waals surface area contributed by atoms with Gasteiger partial charge in [0.15, 0.2) is 12.6 Å². The van der Waals surface area contributed by atoms with Crippen LogP contribution in [-0.2, 0) is 23.7 Å². The Balaban J connectivity index is 1.74. The molecule has 12 unspecified atom stereocenters. The second-order valence-corrected chi connectivity index (χ2v) is 24.3. The average Bonchev–Trinajstić information content (AvgIpc) is 1.26. The highest BCUT2D eigenvalue weighted by Crippen LogP contribution is 2.30. The molecular formula is C76H127NO13. The zero-order valence-corrected chi connectivity index (χ0v) is 55.8. The number of hydrogen-bond donors (Lipinski definition) is 9. The summed E-state index contributed by atoms with van der Waals surface area (Å²) in [6, 6.07) is -0.975. The van der Waals surface area contributed by atoms with E-state index in [1.807, 2.05) is 12.2 Å². The topological polar surface area (TPSA) is 228 Å². The minimum Gasteiger partial charge on any atom is -0.394 e. The Morgan fingerprint density at radius 3 is 1.22 bits per heavy atom. The first kappa shape index (κ1) is 82.2. The van der Waals surface area contributed by atoms with Crippen LogP contribution in [0.2, 0.25) is 0 Å². The maximum absolute atomic E-state index is 13.3.